The minimum atomic E-state index is -0.0123. The van der Waals surface area contributed by atoms with Crippen LogP contribution in [0.3, 0.4) is 0 Å². The van der Waals surface area contributed by atoms with Gasteiger partial charge in [-0.2, -0.15) is 0 Å². The second-order valence-corrected chi connectivity index (χ2v) is 9.43. The first-order valence-electron chi connectivity index (χ1n) is 10.3. The SMILES string of the molecule is Cc1ccc(C(C)(C)c2ccc(C(C)(C)c3ccc(C)c(C)c3)cc2)cc1C. The summed E-state index contributed by atoms with van der Waals surface area (Å²) in [5.41, 5.74) is 10.9. The van der Waals surface area contributed by atoms with Crippen molar-refractivity contribution >= 4 is 0 Å². The molecule has 0 saturated heterocycles. The van der Waals surface area contributed by atoms with Gasteiger partial charge in [0.15, 0.2) is 0 Å². The molecule has 0 heteroatoms. The summed E-state index contributed by atoms with van der Waals surface area (Å²) in [6, 6.07) is 22.9. The highest BCUT2D eigenvalue weighted by atomic mass is 14.3. The molecule has 0 amide bonds. The second kappa shape index (κ2) is 7.24. The van der Waals surface area contributed by atoms with Crippen molar-refractivity contribution in [2.75, 3.05) is 0 Å². The summed E-state index contributed by atoms with van der Waals surface area (Å²) in [6.45, 7) is 18.0. The largest absolute Gasteiger partial charge is 0.0588 e. The van der Waals surface area contributed by atoms with E-state index >= 15 is 0 Å². The van der Waals surface area contributed by atoms with Crippen molar-refractivity contribution in [1.82, 2.24) is 0 Å². The molecule has 0 N–H and O–H groups in total. The van der Waals surface area contributed by atoms with Crippen molar-refractivity contribution in [2.45, 2.75) is 66.2 Å². The van der Waals surface area contributed by atoms with Crippen LogP contribution in [0, 0.1) is 27.7 Å². The van der Waals surface area contributed by atoms with Crippen LogP contribution in [-0.2, 0) is 10.8 Å². The number of rotatable bonds is 4. The van der Waals surface area contributed by atoms with Gasteiger partial charge < -0.3 is 0 Å². The zero-order chi connectivity index (χ0) is 20.7. The Labute approximate surface area is 171 Å². The Balaban J connectivity index is 1.95. The molecule has 3 aromatic carbocycles. The number of benzene rings is 3. The Morgan fingerprint density at radius 3 is 0.964 bits per heavy atom. The summed E-state index contributed by atoms with van der Waals surface area (Å²) in [6.07, 6.45) is 0. The van der Waals surface area contributed by atoms with E-state index in [1.807, 2.05) is 0 Å². The minimum absolute atomic E-state index is 0.0123. The first-order valence-corrected chi connectivity index (χ1v) is 10.3. The van der Waals surface area contributed by atoms with Crippen LogP contribution in [0.4, 0.5) is 0 Å². The summed E-state index contributed by atoms with van der Waals surface area (Å²) in [7, 11) is 0. The van der Waals surface area contributed by atoms with Gasteiger partial charge in [-0.05, 0) is 72.2 Å². The highest BCUT2D eigenvalue weighted by Gasteiger charge is 2.26. The molecule has 0 bridgehead atoms. The number of hydrogen-bond acceptors (Lipinski definition) is 0. The molecule has 0 aromatic heterocycles. The van der Waals surface area contributed by atoms with Gasteiger partial charge in [0.2, 0.25) is 0 Å². The number of hydrogen-bond donors (Lipinski definition) is 0. The maximum Gasteiger partial charge on any atom is 0.0146 e. The van der Waals surface area contributed by atoms with Crippen LogP contribution < -0.4 is 0 Å². The molecular weight excluding hydrogens is 336 g/mol. The van der Waals surface area contributed by atoms with Crippen LogP contribution in [0.25, 0.3) is 0 Å². The normalized spacial score (nSPS) is 12.3. The highest BCUT2D eigenvalue weighted by Crippen LogP contribution is 2.36. The Morgan fingerprint density at radius 1 is 0.393 bits per heavy atom. The molecule has 0 aliphatic carbocycles. The van der Waals surface area contributed by atoms with Crippen LogP contribution in [0.2, 0.25) is 0 Å². The lowest BCUT2D eigenvalue weighted by Crippen LogP contribution is -2.22. The van der Waals surface area contributed by atoms with Gasteiger partial charge in [-0.15, -0.1) is 0 Å². The van der Waals surface area contributed by atoms with Crippen molar-refractivity contribution in [3.05, 3.63) is 105 Å². The molecule has 0 aliphatic heterocycles. The molecular formula is C28H34. The smallest absolute Gasteiger partial charge is 0.0146 e. The monoisotopic (exact) mass is 370 g/mol. The Morgan fingerprint density at radius 2 is 0.679 bits per heavy atom. The molecule has 3 rings (SSSR count). The topological polar surface area (TPSA) is 0 Å². The van der Waals surface area contributed by atoms with Crippen LogP contribution in [0.1, 0.15) is 72.2 Å². The lowest BCUT2D eigenvalue weighted by Gasteiger charge is -2.30. The van der Waals surface area contributed by atoms with Gasteiger partial charge in [-0.25, -0.2) is 0 Å². The third-order valence-electron chi connectivity index (χ3n) is 6.79. The maximum absolute atomic E-state index is 2.34. The van der Waals surface area contributed by atoms with E-state index < -0.39 is 0 Å². The molecule has 0 atom stereocenters. The second-order valence-electron chi connectivity index (χ2n) is 9.43. The molecule has 146 valence electrons. The van der Waals surface area contributed by atoms with E-state index in [-0.39, 0.29) is 10.8 Å². The van der Waals surface area contributed by atoms with E-state index in [1.54, 1.807) is 0 Å². The summed E-state index contributed by atoms with van der Waals surface area (Å²) in [5.74, 6) is 0. The van der Waals surface area contributed by atoms with Crippen molar-refractivity contribution in [2.24, 2.45) is 0 Å². The Kier molecular flexibility index (Phi) is 5.28. The van der Waals surface area contributed by atoms with E-state index in [2.05, 4.69) is 116 Å². The fourth-order valence-corrected chi connectivity index (χ4v) is 3.90. The van der Waals surface area contributed by atoms with Gasteiger partial charge in [0.25, 0.3) is 0 Å². The van der Waals surface area contributed by atoms with Gasteiger partial charge >= 0.3 is 0 Å². The Bertz CT molecular complexity index is 903. The average Bonchev–Trinajstić information content (AvgIpc) is 2.66. The van der Waals surface area contributed by atoms with Crippen LogP contribution in [0.15, 0.2) is 60.7 Å². The van der Waals surface area contributed by atoms with E-state index in [4.69, 9.17) is 0 Å². The van der Waals surface area contributed by atoms with E-state index in [1.165, 1.54) is 44.5 Å². The van der Waals surface area contributed by atoms with Crippen molar-refractivity contribution < 1.29 is 0 Å². The fourth-order valence-electron chi connectivity index (χ4n) is 3.90. The predicted octanol–water partition coefficient (Wildman–Crippen LogP) is 7.57. The molecule has 0 saturated carbocycles. The maximum atomic E-state index is 2.34. The third kappa shape index (κ3) is 3.65. The average molecular weight is 371 g/mol. The highest BCUT2D eigenvalue weighted by molar-refractivity contribution is 5.45. The molecule has 28 heavy (non-hydrogen) atoms. The summed E-state index contributed by atoms with van der Waals surface area (Å²) < 4.78 is 0. The van der Waals surface area contributed by atoms with Gasteiger partial charge in [0.1, 0.15) is 0 Å². The first kappa shape index (κ1) is 20.4. The lowest BCUT2D eigenvalue weighted by atomic mass is 9.74. The van der Waals surface area contributed by atoms with Gasteiger partial charge in [-0.1, -0.05) is 88.4 Å². The lowest BCUT2D eigenvalue weighted by molar-refractivity contribution is 0.625. The molecule has 0 radical (unpaired) electrons. The minimum Gasteiger partial charge on any atom is -0.0588 e. The molecule has 0 unspecified atom stereocenters. The first-order chi connectivity index (χ1) is 13.0. The molecule has 0 aliphatic rings. The van der Waals surface area contributed by atoms with Crippen LogP contribution in [0.5, 0.6) is 0 Å². The number of aryl methyl sites for hydroxylation is 4. The third-order valence-corrected chi connectivity index (χ3v) is 6.79. The summed E-state index contributed by atoms with van der Waals surface area (Å²) >= 11 is 0. The molecule has 0 spiro atoms. The van der Waals surface area contributed by atoms with Crippen LogP contribution in [-0.4, -0.2) is 0 Å². The van der Waals surface area contributed by atoms with E-state index in [0.717, 1.165) is 0 Å². The van der Waals surface area contributed by atoms with Crippen molar-refractivity contribution in [1.29, 1.82) is 0 Å². The zero-order valence-corrected chi connectivity index (χ0v) is 18.8. The molecule has 0 nitrogen and oxygen atoms in total. The summed E-state index contributed by atoms with van der Waals surface area (Å²) in [4.78, 5) is 0. The molecule has 0 heterocycles. The van der Waals surface area contributed by atoms with E-state index in [0.29, 0.717) is 0 Å². The van der Waals surface area contributed by atoms with E-state index in [9.17, 15) is 0 Å². The van der Waals surface area contributed by atoms with Gasteiger partial charge in [0, 0.05) is 10.8 Å². The zero-order valence-electron chi connectivity index (χ0n) is 18.8. The predicted molar refractivity (Wildman–Crippen MR) is 123 cm³/mol. The van der Waals surface area contributed by atoms with Crippen LogP contribution >= 0.6 is 0 Å². The fraction of sp³-hybridized carbons (Fsp3) is 0.357. The molecule has 0 fully saturated rings. The van der Waals surface area contributed by atoms with Gasteiger partial charge in [0.05, 0.1) is 0 Å². The van der Waals surface area contributed by atoms with Crippen molar-refractivity contribution in [3.63, 3.8) is 0 Å². The standard InChI is InChI=1S/C28H34/c1-19-9-11-25(17-21(19)3)27(5,6)23-13-15-24(16-14-23)28(7,8)26-12-10-20(2)22(4)18-26/h9-18H,1-8H3. The molecule has 3 aromatic rings. The summed E-state index contributed by atoms with van der Waals surface area (Å²) in [5, 5.41) is 0. The quantitative estimate of drug-likeness (QED) is 0.444. The Hall–Kier alpha value is -2.34. The van der Waals surface area contributed by atoms with Crippen molar-refractivity contribution in [3.8, 4) is 0 Å². The van der Waals surface area contributed by atoms with Gasteiger partial charge in [-0.3, -0.25) is 0 Å².